The van der Waals surface area contributed by atoms with Crippen LogP contribution in [0.25, 0.3) is 0 Å². The van der Waals surface area contributed by atoms with Crippen molar-refractivity contribution in [2.45, 2.75) is 25.7 Å². The summed E-state index contributed by atoms with van der Waals surface area (Å²) in [5.74, 6) is 0.721. The Morgan fingerprint density at radius 2 is 2.23 bits per heavy atom. The maximum atomic E-state index is 3.50. The fourth-order valence-electron chi connectivity index (χ4n) is 2.13. The molecular formula is C12H17N. The third-order valence-corrected chi connectivity index (χ3v) is 2.95. The third kappa shape index (κ3) is 1.75. The van der Waals surface area contributed by atoms with Gasteiger partial charge < -0.3 is 5.32 Å². The zero-order valence-corrected chi connectivity index (χ0v) is 8.22. The van der Waals surface area contributed by atoms with E-state index >= 15 is 0 Å². The van der Waals surface area contributed by atoms with Crippen LogP contribution >= 0.6 is 0 Å². The normalized spacial score (nSPS) is 22.1. The number of hydrogen-bond donors (Lipinski definition) is 1. The lowest BCUT2D eigenvalue weighted by molar-refractivity contribution is 0.595. The standard InChI is InChI=1S/C12H17N/c1-2-10-9-13-8-7-11-5-3-4-6-12(10)11/h3-6,10,13H,2,7-9H2,1H3/t10-/m0/s1. The van der Waals surface area contributed by atoms with Gasteiger partial charge in [0, 0.05) is 6.54 Å². The summed E-state index contributed by atoms with van der Waals surface area (Å²) in [5, 5.41) is 3.50. The SMILES string of the molecule is CC[C@H]1CNCCc2ccccc21. The topological polar surface area (TPSA) is 12.0 Å². The van der Waals surface area contributed by atoms with Crippen LogP contribution in [0.5, 0.6) is 0 Å². The highest BCUT2D eigenvalue weighted by Gasteiger charge is 2.15. The Bertz CT molecular complexity index is 280. The van der Waals surface area contributed by atoms with Crippen LogP contribution in [0.4, 0.5) is 0 Å². The molecule has 1 nitrogen and oxygen atoms in total. The highest BCUT2D eigenvalue weighted by atomic mass is 14.9. The second kappa shape index (κ2) is 3.93. The van der Waals surface area contributed by atoms with Crippen molar-refractivity contribution in [3.8, 4) is 0 Å². The van der Waals surface area contributed by atoms with E-state index in [0.29, 0.717) is 0 Å². The molecule has 2 rings (SSSR count). The van der Waals surface area contributed by atoms with Gasteiger partial charge in [0.05, 0.1) is 0 Å². The lowest BCUT2D eigenvalue weighted by Crippen LogP contribution is -2.19. The third-order valence-electron chi connectivity index (χ3n) is 2.95. The number of fused-ring (bicyclic) bond motifs is 1. The first-order valence-electron chi connectivity index (χ1n) is 5.20. The summed E-state index contributed by atoms with van der Waals surface area (Å²) in [6.45, 7) is 4.55. The second-order valence-corrected chi connectivity index (χ2v) is 3.76. The highest BCUT2D eigenvalue weighted by Crippen LogP contribution is 2.24. The van der Waals surface area contributed by atoms with E-state index in [4.69, 9.17) is 0 Å². The molecule has 70 valence electrons. The molecule has 1 heterocycles. The molecular weight excluding hydrogens is 158 g/mol. The van der Waals surface area contributed by atoms with Gasteiger partial charge in [-0.15, -0.1) is 0 Å². The lowest BCUT2D eigenvalue weighted by atomic mass is 9.92. The molecule has 0 fully saturated rings. The lowest BCUT2D eigenvalue weighted by Gasteiger charge is -2.14. The summed E-state index contributed by atoms with van der Waals surface area (Å²) < 4.78 is 0. The molecule has 1 aliphatic heterocycles. The van der Waals surface area contributed by atoms with Crippen molar-refractivity contribution in [3.05, 3.63) is 35.4 Å². The van der Waals surface area contributed by atoms with Gasteiger partial charge in [-0.05, 0) is 36.4 Å². The van der Waals surface area contributed by atoms with E-state index in [1.54, 1.807) is 11.1 Å². The summed E-state index contributed by atoms with van der Waals surface area (Å²) in [6, 6.07) is 8.87. The van der Waals surface area contributed by atoms with Gasteiger partial charge in [0.25, 0.3) is 0 Å². The first-order chi connectivity index (χ1) is 6.42. The van der Waals surface area contributed by atoms with Crippen LogP contribution in [0.15, 0.2) is 24.3 Å². The Morgan fingerprint density at radius 1 is 1.38 bits per heavy atom. The number of rotatable bonds is 1. The van der Waals surface area contributed by atoms with Crippen LogP contribution in [-0.2, 0) is 6.42 Å². The Kier molecular flexibility index (Phi) is 2.65. The molecule has 0 amide bonds. The van der Waals surface area contributed by atoms with Crippen LogP contribution in [0, 0.1) is 0 Å². The molecule has 1 N–H and O–H groups in total. The average molecular weight is 175 g/mol. The number of nitrogens with one attached hydrogen (secondary N) is 1. The van der Waals surface area contributed by atoms with Gasteiger partial charge in [0.15, 0.2) is 0 Å². The largest absolute Gasteiger partial charge is 0.316 e. The van der Waals surface area contributed by atoms with Gasteiger partial charge in [0.2, 0.25) is 0 Å². The number of benzene rings is 1. The fraction of sp³-hybridized carbons (Fsp3) is 0.500. The molecule has 13 heavy (non-hydrogen) atoms. The van der Waals surface area contributed by atoms with Gasteiger partial charge >= 0.3 is 0 Å². The zero-order valence-electron chi connectivity index (χ0n) is 8.22. The smallest absolute Gasteiger partial charge is 0.00202 e. The van der Waals surface area contributed by atoms with Crippen molar-refractivity contribution < 1.29 is 0 Å². The van der Waals surface area contributed by atoms with Crippen molar-refractivity contribution in [2.75, 3.05) is 13.1 Å². The molecule has 1 atom stereocenters. The molecule has 1 aliphatic rings. The van der Waals surface area contributed by atoms with Crippen LogP contribution in [-0.4, -0.2) is 13.1 Å². The fourth-order valence-corrected chi connectivity index (χ4v) is 2.13. The van der Waals surface area contributed by atoms with Crippen molar-refractivity contribution in [1.82, 2.24) is 5.32 Å². The second-order valence-electron chi connectivity index (χ2n) is 3.76. The van der Waals surface area contributed by atoms with E-state index in [1.807, 2.05) is 0 Å². The minimum atomic E-state index is 0.721. The molecule has 1 heteroatoms. The van der Waals surface area contributed by atoms with Crippen molar-refractivity contribution in [3.63, 3.8) is 0 Å². The molecule has 0 aromatic heterocycles. The molecule has 0 aliphatic carbocycles. The monoisotopic (exact) mass is 175 g/mol. The molecule has 0 saturated heterocycles. The number of hydrogen-bond acceptors (Lipinski definition) is 1. The van der Waals surface area contributed by atoms with Crippen LogP contribution < -0.4 is 5.32 Å². The Labute approximate surface area is 80.2 Å². The first kappa shape index (κ1) is 8.76. The molecule has 0 spiro atoms. The van der Waals surface area contributed by atoms with Gasteiger partial charge in [0.1, 0.15) is 0 Å². The van der Waals surface area contributed by atoms with Crippen LogP contribution in [0.3, 0.4) is 0 Å². The van der Waals surface area contributed by atoms with E-state index in [-0.39, 0.29) is 0 Å². The minimum Gasteiger partial charge on any atom is -0.316 e. The van der Waals surface area contributed by atoms with E-state index in [1.165, 1.54) is 12.8 Å². The van der Waals surface area contributed by atoms with Crippen molar-refractivity contribution in [1.29, 1.82) is 0 Å². The summed E-state index contributed by atoms with van der Waals surface area (Å²) in [7, 11) is 0. The maximum Gasteiger partial charge on any atom is 0.00202 e. The van der Waals surface area contributed by atoms with E-state index in [0.717, 1.165) is 19.0 Å². The summed E-state index contributed by atoms with van der Waals surface area (Å²) >= 11 is 0. The van der Waals surface area contributed by atoms with E-state index in [9.17, 15) is 0 Å². The van der Waals surface area contributed by atoms with Crippen molar-refractivity contribution >= 4 is 0 Å². The maximum absolute atomic E-state index is 3.50. The van der Waals surface area contributed by atoms with Gasteiger partial charge in [-0.25, -0.2) is 0 Å². The quantitative estimate of drug-likeness (QED) is 0.690. The predicted molar refractivity (Wildman–Crippen MR) is 56.0 cm³/mol. The van der Waals surface area contributed by atoms with Gasteiger partial charge in [-0.3, -0.25) is 0 Å². The summed E-state index contributed by atoms with van der Waals surface area (Å²) in [6.07, 6.45) is 2.43. The summed E-state index contributed by atoms with van der Waals surface area (Å²) in [4.78, 5) is 0. The van der Waals surface area contributed by atoms with Crippen molar-refractivity contribution in [2.24, 2.45) is 0 Å². The molecule has 0 bridgehead atoms. The first-order valence-corrected chi connectivity index (χ1v) is 5.20. The Balaban J connectivity index is 2.35. The molecule has 0 saturated carbocycles. The highest BCUT2D eigenvalue weighted by molar-refractivity contribution is 5.31. The Morgan fingerprint density at radius 3 is 3.08 bits per heavy atom. The van der Waals surface area contributed by atoms with Gasteiger partial charge in [-0.1, -0.05) is 31.2 Å². The molecule has 1 aromatic rings. The summed E-state index contributed by atoms with van der Waals surface area (Å²) in [5.41, 5.74) is 3.11. The van der Waals surface area contributed by atoms with Crippen LogP contribution in [0.1, 0.15) is 30.4 Å². The van der Waals surface area contributed by atoms with E-state index < -0.39 is 0 Å². The Hall–Kier alpha value is -0.820. The van der Waals surface area contributed by atoms with Crippen LogP contribution in [0.2, 0.25) is 0 Å². The van der Waals surface area contributed by atoms with E-state index in [2.05, 4.69) is 36.5 Å². The minimum absolute atomic E-state index is 0.721. The molecule has 0 unspecified atom stereocenters. The molecule has 0 radical (unpaired) electrons. The predicted octanol–water partition coefficient (Wildman–Crippen LogP) is 2.33. The molecule has 1 aromatic carbocycles. The average Bonchev–Trinajstić information content (AvgIpc) is 2.39. The zero-order chi connectivity index (χ0) is 9.10. The van der Waals surface area contributed by atoms with Gasteiger partial charge in [-0.2, -0.15) is 0 Å².